The molecule has 2 saturated heterocycles. The van der Waals surface area contributed by atoms with Gasteiger partial charge in [0, 0.05) is 0 Å². The molecule has 1 aromatic heterocycles. The van der Waals surface area contributed by atoms with Crippen LogP contribution in [-0.2, 0) is 14.3 Å². The van der Waals surface area contributed by atoms with Crippen molar-refractivity contribution in [2.45, 2.75) is 11.7 Å². The van der Waals surface area contributed by atoms with E-state index in [4.69, 9.17) is 4.74 Å². The van der Waals surface area contributed by atoms with E-state index in [9.17, 15) is 14.7 Å². The third kappa shape index (κ3) is 1.16. The zero-order valence-electron chi connectivity index (χ0n) is 9.68. The van der Waals surface area contributed by atoms with Crippen LogP contribution >= 0.6 is 0 Å². The van der Waals surface area contributed by atoms with Crippen LogP contribution in [0.5, 0.6) is 0 Å². The molecule has 4 atom stereocenters. The van der Waals surface area contributed by atoms with Crippen molar-refractivity contribution in [3.63, 3.8) is 0 Å². The SMILES string of the molecule is O=C(O)C1C2C=CC3(CN(c4ncn[nH]4)C(=O)C13)O2. The third-order valence-electron chi connectivity index (χ3n) is 4.04. The summed E-state index contributed by atoms with van der Waals surface area (Å²) in [6, 6.07) is 0. The molecule has 4 heterocycles. The lowest BCUT2D eigenvalue weighted by Gasteiger charge is -2.21. The van der Waals surface area contributed by atoms with Gasteiger partial charge in [0.05, 0.1) is 18.6 Å². The highest BCUT2D eigenvalue weighted by Gasteiger charge is 2.67. The quantitative estimate of drug-likeness (QED) is 0.674. The van der Waals surface area contributed by atoms with Gasteiger partial charge in [0.15, 0.2) is 0 Å². The van der Waals surface area contributed by atoms with E-state index in [2.05, 4.69) is 15.2 Å². The Morgan fingerprint density at radius 3 is 3.16 bits per heavy atom. The number of carbonyl (C=O) groups excluding carboxylic acids is 1. The van der Waals surface area contributed by atoms with Gasteiger partial charge in [-0.1, -0.05) is 12.2 Å². The van der Waals surface area contributed by atoms with Crippen molar-refractivity contribution in [1.29, 1.82) is 0 Å². The lowest BCUT2D eigenvalue weighted by atomic mass is 9.77. The molecular formula is C11H10N4O4. The summed E-state index contributed by atoms with van der Waals surface area (Å²) in [5.41, 5.74) is -0.836. The topological polar surface area (TPSA) is 108 Å². The highest BCUT2D eigenvalue weighted by molar-refractivity contribution is 6.01. The number of aliphatic carboxylic acids is 1. The normalized spacial score (nSPS) is 39.1. The van der Waals surface area contributed by atoms with Gasteiger partial charge in [-0.3, -0.25) is 14.5 Å². The van der Waals surface area contributed by atoms with Crippen LogP contribution < -0.4 is 4.90 Å². The molecule has 0 aliphatic carbocycles. The van der Waals surface area contributed by atoms with Gasteiger partial charge < -0.3 is 9.84 Å². The number of ether oxygens (including phenoxy) is 1. The number of nitrogens with zero attached hydrogens (tertiary/aromatic N) is 3. The number of carboxylic acid groups (broad SMARTS) is 1. The molecule has 98 valence electrons. The Kier molecular flexibility index (Phi) is 1.80. The fourth-order valence-corrected chi connectivity index (χ4v) is 3.29. The fourth-order valence-electron chi connectivity index (χ4n) is 3.29. The fraction of sp³-hybridized carbons (Fsp3) is 0.455. The molecule has 19 heavy (non-hydrogen) atoms. The summed E-state index contributed by atoms with van der Waals surface area (Å²) in [6.07, 6.45) is 4.32. The summed E-state index contributed by atoms with van der Waals surface area (Å²) in [5, 5.41) is 15.6. The molecule has 3 aliphatic rings. The van der Waals surface area contributed by atoms with Crippen LogP contribution in [0.25, 0.3) is 0 Å². The van der Waals surface area contributed by atoms with Gasteiger partial charge in [-0.05, 0) is 0 Å². The highest BCUT2D eigenvalue weighted by Crippen LogP contribution is 2.52. The molecule has 8 nitrogen and oxygen atoms in total. The first kappa shape index (κ1) is 10.7. The Hall–Kier alpha value is -2.22. The van der Waals surface area contributed by atoms with Crippen molar-refractivity contribution in [2.24, 2.45) is 11.8 Å². The van der Waals surface area contributed by atoms with Crippen molar-refractivity contribution in [3.05, 3.63) is 18.5 Å². The average molecular weight is 262 g/mol. The highest BCUT2D eigenvalue weighted by atomic mass is 16.5. The zero-order valence-corrected chi connectivity index (χ0v) is 9.68. The van der Waals surface area contributed by atoms with Gasteiger partial charge in [-0.15, -0.1) is 0 Å². The molecule has 0 aromatic carbocycles. The number of rotatable bonds is 2. The van der Waals surface area contributed by atoms with Crippen molar-refractivity contribution in [1.82, 2.24) is 15.2 Å². The first-order chi connectivity index (χ1) is 9.12. The second-order valence-electron chi connectivity index (χ2n) is 4.97. The Labute approximate surface area is 107 Å². The summed E-state index contributed by atoms with van der Waals surface area (Å²) in [5.74, 6) is -2.49. The number of fused-ring (bicyclic) bond motifs is 1. The van der Waals surface area contributed by atoms with Crippen LogP contribution in [0, 0.1) is 11.8 Å². The average Bonchev–Trinajstić information content (AvgIpc) is 3.09. The van der Waals surface area contributed by atoms with E-state index in [-0.39, 0.29) is 12.5 Å². The monoisotopic (exact) mass is 262 g/mol. The summed E-state index contributed by atoms with van der Waals surface area (Å²) >= 11 is 0. The van der Waals surface area contributed by atoms with E-state index in [1.54, 1.807) is 12.2 Å². The van der Waals surface area contributed by atoms with Crippen LogP contribution in [0.2, 0.25) is 0 Å². The number of aromatic amines is 1. The molecule has 2 fully saturated rings. The zero-order chi connectivity index (χ0) is 13.2. The number of aromatic nitrogens is 3. The minimum absolute atomic E-state index is 0.266. The van der Waals surface area contributed by atoms with Crippen molar-refractivity contribution < 1.29 is 19.4 Å². The van der Waals surface area contributed by atoms with Crippen LogP contribution in [0.15, 0.2) is 18.5 Å². The van der Waals surface area contributed by atoms with Gasteiger partial charge in [0.25, 0.3) is 0 Å². The summed E-state index contributed by atoms with van der Waals surface area (Å²) in [7, 11) is 0. The van der Waals surface area contributed by atoms with E-state index < -0.39 is 29.5 Å². The number of hydrogen-bond donors (Lipinski definition) is 2. The molecule has 1 aromatic rings. The number of carboxylic acids is 1. The Morgan fingerprint density at radius 1 is 1.63 bits per heavy atom. The molecule has 4 unspecified atom stereocenters. The molecule has 0 radical (unpaired) electrons. The van der Waals surface area contributed by atoms with Gasteiger partial charge in [-0.2, -0.15) is 10.1 Å². The predicted octanol–water partition coefficient (Wildman–Crippen LogP) is -0.824. The molecule has 8 heteroatoms. The number of nitrogens with one attached hydrogen (secondary N) is 1. The molecule has 4 rings (SSSR count). The van der Waals surface area contributed by atoms with Crippen molar-refractivity contribution in [2.75, 3.05) is 11.4 Å². The third-order valence-corrected chi connectivity index (χ3v) is 4.04. The van der Waals surface area contributed by atoms with E-state index in [0.717, 1.165) is 0 Å². The maximum Gasteiger partial charge on any atom is 0.310 e. The Balaban J connectivity index is 1.77. The number of hydrogen-bond acceptors (Lipinski definition) is 5. The molecule has 1 spiro atoms. The molecule has 0 saturated carbocycles. The lowest BCUT2D eigenvalue weighted by Crippen LogP contribution is -2.39. The molecule has 3 aliphatic heterocycles. The molecule has 1 amide bonds. The van der Waals surface area contributed by atoms with Crippen LogP contribution in [-0.4, -0.2) is 50.4 Å². The number of amides is 1. The van der Waals surface area contributed by atoms with Crippen LogP contribution in [0.1, 0.15) is 0 Å². The Morgan fingerprint density at radius 2 is 2.47 bits per heavy atom. The van der Waals surface area contributed by atoms with Crippen LogP contribution in [0.4, 0.5) is 5.95 Å². The van der Waals surface area contributed by atoms with Crippen molar-refractivity contribution in [3.8, 4) is 0 Å². The molecule has 2 N–H and O–H groups in total. The summed E-state index contributed by atoms with van der Waals surface area (Å²) < 4.78 is 5.74. The first-order valence-corrected chi connectivity index (χ1v) is 5.89. The minimum atomic E-state index is -1.01. The Bertz CT molecular complexity index is 598. The first-order valence-electron chi connectivity index (χ1n) is 5.89. The maximum absolute atomic E-state index is 12.4. The lowest BCUT2D eigenvalue weighted by molar-refractivity contribution is -0.146. The van der Waals surface area contributed by atoms with Gasteiger partial charge in [-0.25, -0.2) is 5.10 Å². The van der Waals surface area contributed by atoms with Gasteiger partial charge in [0.2, 0.25) is 11.9 Å². The van der Waals surface area contributed by atoms with Crippen molar-refractivity contribution >= 4 is 17.8 Å². The van der Waals surface area contributed by atoms with E-state index in [1.165, 1.54) is 11.2 Å². The molecular weight excluding hydrogens is 252 g/mol. The second kappa shape index (κ2) is 3.21. The largest absolute Gasteiger partial charge is 0.481 e. The molecule has 2 bridgehead atoms. The number of H-pyrrole nitrogens is 1. The summed E-state index contributed by atoms with van der Waals surface area (Å²) in [4.78, 5) is 29.1. The number of anilines is 1. The smallest absolute Gasteiger partial charge is 0.310 e. The minimum Gasteiger partial charge on any atom is -0.481 e. The predicted molar refractivity (Wildman–Crippen MR) is 60.1 cm³/mol. The second-order valence-corrected chi connectivity index (χ2v) is 4.97. The van der Waals surface area contributed by atoms with Gasteiger partial charge in [0.1, 0.15) is 17.8 Å². The van der Waals surface area contributed by atoms with Gasteiger partial charge >= 0.3 is 5.97 Å². The standard InChI is InChI=1S/C11H10N4O4/c16-8-7-6(9(17)18)5-1-2-11(7,19-5)3-15(8)10-12-4-13-14-10/h1-2,4-7H,3H2,(H,17,18)(H,12,13,14). The van der Waals surface area contributed by atoms with E-state index in [0.29, 0.717) is 5.95 Å². The summed E-state index contributed by atoms with van der Waals surface area (Å²) in [6.45, 7) is 0.266. The van der Waals surface area contributed by atoms with E-state index in [1.807, 2.05) is 0 Å². The number of carbonyl (C=O) groups is 2. The van der Waals surface area contributed by atoms with E-state index >= 15 is 0 Å². The van der Waals surface area contributed by atoms with Crippen LogP contribution in [0.3, 0.4) is 0 Å². The maximum atomic E-state index is 12.4.